The minimum atomic E-state index is -0.551. The van der Waals surface area contributed by atoms with Crippen molar-refractivity contribution in [1.29, 1.82) is 0 Å². The summed E-state index contributed by atoms with van der Waals surface area (Å²) in [5.41, 5.74) is 1.57. The third-order valence-corrected chi connectivity index (χ3v) is 6.03. The van der Waals surface area contributed by atoms with Crippen LogP contribution in [0.4, 0.5) is 5.69 Å². The number of para-hydroxylation sites is 1. The fourth-order valence-corrected chi connectivity index (χ4v) is 4.39. The topological polar surface area (TPSA) is 55.9 Å². The Morgan fingerprint density at radius 3 is 2.31 bits per heavy atom. The summed E-state index contributed by atoms with van der Waals surface area (Å²) < 4.78 is 0. The van der Waals surface area contributed by atoms with E-state index in [-0.39, 0.29) is 18.4 Å². The standard InChI is InChI=1S/C23H28N4O2/c1-25(16-19-8-4-2-5-9-19)21(28)17-26-18-27(20-10-6-3-7-11-20)23(22(26)29)12-14-24-15-13-23/h2-11,24H,12-18H2,1H3. The van der Waals surface area contributed by atoms with Crippen LogP contribution >= 0.6 is 0 Å². The van der Waals surface area contributed by atoms with E-state index in [2.05, 4.69) is 10.2 Å². The van der Waals surface area contributed by atoms with Crippen LogP contribution in [-0.4, -0.2) is 60.5 Å². The molecule has 2 aromatic carbocycles. The van der Waals surface area contributed by atoms with Crippen molar-refractivity contribution in [2.75, 3.05) is 38.3 Å². The third-order valence-electron chi connectivity index (χ3n) is 6.03. The molecule has 0 atom stereocenters. The van der Waals surface area contributed by atoms with Crippen molar-refractivity contribution in [3.05, 3.63) is 66.2 Å². The quantitative estimate of drug-likeness (QED) is 0.847. The van der Waals surface area contributed by atoms with Crippen molar-refractivity contribution in [1.82, 2.24) is 15.1 Å². The van der Waals surface area contributed by atoms with Gasteiger partial charge in [0, 0.05) is 19.3 Å². The zero-order chi connectivity index (χ0) is 20.3. The molecule has 0 radical (unpaired) electrons. The van der Waals surface area contributed by atoms with Gasteiger partial charge in [-0.2, -0.15) is 0 Å². The van der Waals surface area contributed by atoms with Crippen LogP contribution in [0.5, 0.6) is 0 Å². The van der Waals surface area contributed by atoms with E-state index in [0.717, 1.165) is 37.2 Å². The van der Waals surface area contributed by atoms with E-state index in [9.17, 15) is 9.59 Å². The van der Waals surface area contributed by atoms with Crippen LogP contribution in [0.15, 0.2) is 60.7 Å². The zero-order valence-electron chi connectivity index (χ0n) is 16.9. The van der Waals surface area contributed by atoms with Crippen molar-refractivity contribution in [2.45, 2.75) is 24.9 Å². The number of carbonyl (C=O) groups is 2. The molecule has 2 fully saturated rings. The van der Waals surface area contributed by atoms with Crippen LogP contribution in [0.3, 0.4) is 0 Å². The summed E-state index contributed by atoms with van der Waals surface area (Å²) in [5, 5.41) is 3.36. The summed E-state index contributed by atoms with van der Waals surface area (Å²) in [6.45, 7) is 2.73. The number of rotatable bonds is 5. The maximum Gasteiger partial charge on any atom is 0.250 e. The summed E-state index contributed by atoms with van der Waals surface area (Å²) in [6.07, 6.45) is 1.51. The van der Waals surface area contributed by atoms with Gasteiger partial charge in [-0.1, -0.05) is 48.5 Å². The smallest absolute Gasteiger partial charge is 0.250 e. The highest BCUT2D eigenvalue weighted by Crippen LogP contribution is 2.37. The molecule has 0 aromatic heterocycles. The van der Waals surface area contributed by atoms with E-state index >= 15 is 0 Å². The number of piperidine rings is 1. The fraction of sp³-hybridized carbons (Fsp3) is 0.391. The number of anilines is 1. The summed E-state index contributed by atoms with van der Waals surface area (Å²) in [4.78, 5) is 31.9. The Hall–Kier alpha value is -2.86. The molecule has 4 rings (SSSR count). The van der Waals surface area contributed by atoms with Crippen LogP contribution in [0.25, 0.3) is 0 Å². The first-order chi connectivity index (χ1) is 14.1. The minimum Gasteiger partial charge on any atom is -0.340 e. The molecule has 2 aliphatic rings. The normalized spacial score (nSPS) is 18.3. The van der Waals surface area contributed by atoms with E-state index in [4.69, 9.17) is 0 Å². The molecular formula is C23H28N4O2. The maximum absolute atomic E-state index is 13.5. The van der Waals surface area contributed by atoms with Crippen LogP contribution in [0.1, 0.15) is 18.4 Å². The number of carbonyl (C=O) groups excluding carboxylic acids is 2. The van der Waals surface area contributed by atoms with Gasteiger partial charge >= 0.3 is 0 Å². The summed E-state index contributed by atoms with van der Waals surface area (Å²) in [5.74, 6) is 0.0329. The van der Waals surface area contributed by atoms with E-state index in [1.54, 1.807) is 16.8 Å². The van der Waals surface area contributed by atoms with Gasteiger partial charge in [0.15, 0.2) is 0 Å². The SMILES string of the molecule is CN(Cc1ccccc1)C(=O)CN1CN(c2ccccc2)C2(CCNCC2)C1=O. The minimum absolute atomic E-state index is 0.0406. The number of nitrogens with one attached hydrogen (secondary N) is 1. The summed E-state index contributed by atoms with van der Waals surface area (Å²) in [6, 6.07) is 20.0. The molecule has 0 aliphatic carbocycles. The number of likely N-dealkylation sites (N-methyl/N-ethyl adjacent to an activating group) is 1. The van der Waals surface area contributed by atoms with Gasteiger partial charge in [0.1, 0.15) is 12.1 Å². The molecule has 152 valence electrons. The zero-order valence-corrected chi connectivity index (χ0v) is 16.9. The molecular weight excluding hydrogens is 364 g/mol. The Balaban J connectivity index is 1.50. The first kappa shape index (κ1) is 19.5. The van der Waals surface area contributed by atoms with E-state index in [0.29, 0.717) is 13.2 Å². The van der Waals surface area contributed by atoms with Crippen molar-refractivity contribution >= 4 is 17.5 Å². The second-order valence-corrected chi connectivity index (χ2v) is 7.93. The third kappa shape index (κ3) is 3.85. The predicted molar refractivity (Wildman–Crippen MR) is 113 cm³/mol. The number of nitrogens with zero attached hydrogens (tertiary/aromatic N) is 3. The lowest BCUT2D eigenvalue weighted by Crippen LogP contribution is -2.55. The summed E-state index contributed by atoms with van der Waals surface area (Å²) >= 11 is 0. The first-order valence-corrected chi connectivity index (χ1v) is 10.2. The lowest BCUT2D eigenvalue weighted by Gasteiger charge is -2.40. The second kappa shape index (κ2) is 8.25. The maximum atomic E-state index is 13.5. The van der Waals surface area contributed by atoms with Crippen molar-refractivity contribution in [2.24, 2.45) is 0 Å². The first-order valence-electron chi connectivity index (χ1n) is 10.2. The Bertz CT molecular complexity index is 850. The van der Waals surface area contributed by atoms with Crippen molar-refractivity contribution < 1.29 is 9.59 Å². The molecule has 29 heavy (non-hydrogen) atoms. The molecule has 1 N–H and O–H groups in total. The molecule has 6 nitrogen and oxygen atoms in total. The van der Waals surface area contributed by atoms with Gasteiger partial charge in [-0.05, 0) is 43.6 Å². The van der Waals surface area contributed by atoms with Gasteiger partial charge in [0.2, 0.25) is 11.8 Å². The Morgan fingerprint density at radius 2 is 1.66 bits per heavy atom. The second-order valence-electron chi connectivity index (χ2n) is 7.93. The van der Waals surface area contributed by atoms with Gasteiger partial charge in [-0.25, -0.2) is 0 Å². The van der Waals surface area contributed by atoms with Gasteiger partial charge < -0.3 is 20.0 Å². The number of amides is 2. The van der Waals surface area contributed by atoms with Crippen molar-refractivity contribution in [3.63, 3.8) is 0 Å². The Morgan fingerprint density at radius 1 is 1.03 bits per heavy atom. The highest BCUT2D eigenvalue weighted by atomic mass is 16.2. The number of benzene rings is 2. The molecule has 0 saturated carbocycles. The highest BCUT2D eigenvalue weighted by Gasteiger charge is 2.53. The van der Waals surface area contributed by atoms with Crippen LogP contribution in [-0.2, 0) is 16.1 Å². The lowest BCUT2D eigenvalue weighted by molar-refractivity contribution is -0.140. The number of hydrogen-bond acceptors (Lipinski definition) is 4. The molecule has 0 bridgehead atoms. The van der Waals surface area contributed by atoms with E-state index in [1.807, 2.05) is 60.7 Å². The van der Waals surface area contributed by atoms with Crippen LogP contribution in [0, 0.1) is 0 Å². The van der Waals surface area contributed by atoms with Crippen molar-refractivity contribution in [3.8, 4) is 0 Å². The van der Waals surface area contributed by atoms with Crippen LogP contribution < -0.4 is 10.2 Å². The summed E-state index contributed by atoms with van der Waals surface area (Å²) in [7, 11) is 1.80. The molecule has 6 heteroatoms. The van der Waals surface area contributed by atoms with Gasteiger partial charge in [-0.3, -0.25) is 9.59 Å². The van der Waals surface area contributed by atoms with Gasteiger partial charge in [-0.15, -0.1) is 0 Å². The molecule has 2 amide bonds. The van der Waals surface area contributed by atoms with E-state index < -0.39 is 5.54 Å². The fourth-order valence-electron chi connectivity index (χ4n) is 4.39. The van der Waals surface area contributed by atoms with Gasteiger partial charge in [0.25, 0.3) is 0 Å². The predicted octanol–water partition coefficient (Wildman–Crippen LogP) is 2.07. The Kier molecular flexibility index (Phi) is 5.53. The number of hydrogen-bond donors (Lipinski definition) is 1. The molecule has 2 saturated heterocycles. The Labute approximate surface area is 172 Å². The molecule has 2 aromatic rings. The molecule has 2 aliphatic heterocycles. The molecule has 0 unspecified atom stereocenters. The highest BCUT2D eigenvalue weighted by molar-refractivity contribution is 5.96. The molecule has 2 heterocycles. The largest absolute Gasteiger partial charge is 0.340 e. The average Bonchev–Trinajstić information content (AvgIpc) is 3.01. The average molecular weight is 393 g/mol. The lowest BCUT2D eigenvalue weighted by atomic mass is 9.86. The molecule has 1 spiro atoms. The van der Waals surface area contributed by atoms with E-state index in [1.165, 1.54) is 0 Å². The van der Waals surface area contributed by atoms with Gasteiger partial charge in [0.05, 0.1) is 6.67 Å². The monoisotopic (exact) mass is 392 g/mol. The van der Waals surface area contributed by atoms with Crippen LogP contribution in [0.2, 0.25) is 0 Å².